The lowest BCUT2D eigenvalue weighted by atomic mass is 9.88. The molecule has 0 spiro atoms. The number of ether oxygens (including phenoxy) is 1. The van der Waals surface area contributed by atoms with Crippen molar-refractivity contribution in [2.24, 2.45) is 10.4 Å². The van der Waals surface area contributed by atoms with Crippen molar-refractivity contribution >= 4 is 5.90 Å². The molecule has 0 unspecified atom stereocenters. The van der Waals surface area contributed by atoms with Gasteiger partial charge >= 0.3 is 6.18 Å². The number of aliphatic imine (C=N–C) groups is 1. The summed E-state index contributed by atoms with van der Waals surface area (Å²) >= 11 is 0. The fourth-order valence-corrected chi connectivity index (χ4v) is 1.78. The molecule has 2 nitrogen and oxygen atoms in total. The number of benzene rings is 1. The minimum absolute atomic E-state index is 0.0202. The monoisotopic (exact) mass is 271 g/mol. The molecule has 0 saturated carbocycles. The predicted octanol–water partition coefficient (Wildman–Crippen LogP) is 3.90. The highest BCUT2D eigenvalue weighted by Gasteiger charge is 2.32. The Morgan fingerprint density at radius 2 is 1.68 bits per heavy atom. The summed E-state index contributed by atoms with van der Waals surface area (Å²) in [5, 5.41) is 0. The molecule has 1 aliphatic rings. The van der Waals surface area contributed by atoms with Crippen molar-refractivity contribution in [3.8, 4) is 0 Å². The van der Waals surface area contributed by atoms with Crippen molar-refractivity contribution in [3.05, 3.63) is 35.4 Å². The lowest BCUT2D eigenvalue weighted by molar-refractivity contribution is -0.137. The van der Waals surface area contributed by atoms with Crippen LogP contribution >= 0.6 is 0 Å². The summed E-state index contributed by atoms with van der Waals surface area (Å²) in [4.78, 5) is 4.43. The molecule has 0 bridgehead atoms. The first-order valence-electron chi connectivity index (χ1n) is 6.06. The molecule has 2 rings (SSSR count). The van der Waals surface area contributed by atoms with Gasteiger partial charge in [-0.1, -0.05) is 20.8 Å². The zero-order chi connectivity index (χ0) is 14.3. The first-order valence-corrected chi connectivity index (χ1v) is 6.06. The highest BCUT2D eigenvalue weighted by atomic mass is 19.4. The summed E-state index contributed by atoms with van der Waals surface area (Å²) in [7, 11) is 0. The maximum Gasteiger partial charge on any atom is 0.416 e. The summed E-state index contributed by atoms with van der Waals surface area (Å²) in [5.74, 6) is 0.425. The van der Waals surface area contributed by atoms with E-state index in [1.165, 1.54) is 12.1 Å². The van der Waals surface area contributed by atoms with Crippen LogP contribution in [0.1, 0.15) is 31.9 Å². The Labute approximate surface area is 110 Å². The molecule has 1 heterocycles. The van der Waals surface area contributed by atoms with Gasteiger partial charge in [0.05, 0.1) is 11.6 Å². The summed E-state index contributed by atoms with van der Waals surface area (Å²) in [6.07, 6.45) is -4.31. The van der Waals surface area contributed by atoms with Crippen LogP contribution in [-0.4, -0.2) is 18.5 Å². The van der Waals surface area contributed by atoms with Crippen LogP contribution in [0, 0.1) is 5.41 Å². The molecule has 104 valence electrons. The van der Waals surface area contributed by atoms with E-state index >= 15 is 0 Å². The van der Waals surface area contributed by atoms with Gasteiger partial charge in [0.2, 0.25) is 5.90 Å². The zero-order valence-corrected chi connectivity index (χ0v) is 11.1. The summed E-state index contributed by atoms with van der Waals surface area (Å²) < 4.78 is 42.8. The number of nitrogens with zero attached hydrogens (tertiary/aromatic N) is 1. The lowest BCUT2D eigenvalue weighted by Crippen LogP contribution is -2.25. The van der Waals surface area contributed by atoms with Gasteiger partial charge in [-0.3, -0.25) is 0 Å². The molecular weight excluding hydrogens is 255 g/mol. The molecule has 0 aromatic heterocycles. The van der Waals surface area contributed by atoms with E-state index in [0.717, 1.165) is 12.1 Å². The van der Waals surface area contributed by atoms with E-state index in [1.54, 1.807) is 0 Å². The minimum atomic E-state index is -4.31. The Morgan fingerprint density at radius 3 is 2.11 bits per heavy atom. The molecular formula is C14H16F3NO. The lowest BCUT2D eigenvalue weighted by Gasteiger charge is -2.21. The zero-order valence-electron chi connectivity index (χ0n) is 11.1. The van der Waals surface area contributed by atoms with Crippen molar-refractivity contribution in [1.29, 1.82) is 0 Å². The number of alkyl halides is 3. The van der Waals surface area contributed by atoms with Gasteiger partial charge in [0.1, 0.15) is 6.61 Å². The number of halogens is 3. The number of hydrogen-bond acceptors (Lipinski definition) is 2. The Morgan fingerprint density at radius 1 is 1.11 bits per heavy atom. The third kappa shape index (κ3) is 3.08. The normalized spacial score (nSPS) is 20.1. The van der Waals surface area contributed by atoms with Gasteiger partial charge in [-0.05, 0) is 29.7 Å². The highest BCUT2D eigenvalue weighted by Crippen LogP contribution is 2.30. The van der Waals surface area contributed by atoms with Gasteiger partial charge in [0, 0.05) is 5.56 Å². The van der Waals surface area contributed by atoms with E-state index < -0.39 is 11.7 Å². The molecule has 1 atom stereocenters. The Bertz CT molecular complexity index is 483. The third-order valence-electron chi connectivity index (χ3n) is 3.11. The molecule has 1 aliphatic heterocycles. The molecule has 0 N–H and O–H groups in total. The maximum absolute atomic E-state index is 12.5. The van der Waals surface area contributed by atoms with E-state index in [4.69, 9.17) is 4.74 Å². The standard InChI is InChI=1S/C14H16F3NO/c1-13(2,3)11-8-19-12(18-11)9-4-6-10(7-5-9)14(15,16)17/h4-7,11H,8H2,1-3H3/t11-/m1/s1. The SMILES string of the molecule is CC(C)(C)[C@H]1COC(c2ccc(C(F)(F)F)cc2)=N1. The van der Waals surface area contributed by atoms with E-state index in [-0.39, 0.29) is 11.5 Å². The van der Waals surface area contributed by atoms with E-state index in [1.807, 2.05) is 0 Å². The van der Waals surface area contributed by atoms with Crippen LogP contribution in [0.2, 0.25) is 0 Å². The summed E-state index contributed by atoms with van der Waals surface area (Å²) in [5.41, 5.74) is -0.102. The Kier molecular flexibility index (Phi) is 3.32. The second-order valence-corrected chi connectivity index (χ2v) is 5.70. The second-order valence-electron chi connectivity index (χ2n) is 5.70. The van der Waals surface area contributed by atoms with Gasteiger partial charge in [-0.15, -0.1) is 0 Å². The van der Waals surface area contributed by atoms with Crippen molar-refractivity contribution in [2.45, 2.75) is 33.0 Å². The number of rotatable bonds is 1. The van der Waals surface area contributed by atoms with Crippen molar-refractivity contribution in [3.63, 3.8) is 0 Å². The van der Waals surface area contributed by atoms with Gasteiger partial charge in [-0.2, -0.15) is 13.2 Å². The van der Waals surface area contributed by atoms with Gasteiger partial charge in [-0.25, -0.2) is 4.99 Å². The van der Waals surface area contributed by atoms with Crippen LogP contribution in [0.5, 0.6) is 0 Å². The molecule has 1 aromatic carbocycles. The second kappa shape index (κ2) is 4.54. The van der Waals surface area contributed by atoms with Crippen LogP contribution in [0.15, 0.2) is 29.3 Å². The highest BCUT2D eigenvalue weighted by molar-refractivity contribution is 5.95. The fraction of sp³-hybridized carbons (Fsp3) is 0.500. The molecule has 0 amide bonds. The van der Waals surface area contributed by atoms with Gasteiger partial charge in [0.15, 0.2) is 0 Å². The first-order chi connectivity index (χ1) is 8.68. The van der Waals surface area contributed by atoms with Crippen LogP contribution in [0.4, 0.5) is 13.2 Å². The third-order valence-corrected chi connectivity index (χ3v) is 3.11. The summed E-state index contributed by atoms with van der Waals surface area (Å²) in [6, 6.07) is 4.92. The Hall–Kier alpha value is -1.52. The number of hydrogen-bond donors (Lipinski definition) is 0. The average molecular weight is 271 g/mol. The minimum Gasteiger partial charge on any atom is -0.475 e. The van der Waals surface area contributed by atoms with Crippen molar-refractivity contribution in [1.82, 2.24) is 0 Å². The van der Waals surface area contributed by atoms with Crippen molar-refractivity contribution < 1.29 is 17.9 Å². The molecule has 19 heavy (non-hydrogen) atoms. The van der Waals surface area contributed by atoms with Crippen LogP contribution in [0.3, 0.4) is 0 Å². The van der Waals surface area contributed by atoms with Crippen LogP contribution in [-0.2, 0) is 10.9 Å². The van der Waals surface area contributed by atoms with E-state index in [9.17, 15) is 13.2 Å². The predicted molar refractivity (Wildman–Crippen MR) is 67.2 cm³/mol. The van der Waals surface area contributed by atoms with E-state index in [2.05, 4.69) is 25.8 Å². The topological polar surface area (TPSA) is 21.6 Å². The quantitative estimate of drug-likeness (QED) is 0.759. The molecule has 1 aromatic rings. The fourth-order valence-electron chi connectivity index (χ4n) is 1.78. The summed E-state index contributed by atoms with van der Waals surface area (Å²) in [6.45, 7) is 6.64. The van der Waals surface area contributed by atoms with Crippen LogP contribution in [0.25, 0.3) is 0 Å². The molecule has 0 fully saturated rings. The van der Waals surface area contributed by atoms with Gasteiger partial charge in [0.25, 0.3) is 0 Å². The first kappa shape index (κ1) is 13.9. The molecule has 0 saturated heterocycles. The van der Waals surface area contributed by atoms with Crippen LogP contribution < -0.4 is 0 Å². The largest absolute Gasteiger partial charge is 0.475 e. The smallest absolute Gasteiger partial charge is 0.416 e. The van der Waals surface area contributed by atoms with Crippen molar-refractivity contribution in [2.75, 3.05) is 6.61 Å². The molecule has 0 radical (unpaired) electrons. The molecule has 0 aliphatic carbocycles. The Balaban J connectivity index is 2.21. The average Bonchev–Trinajstić information content (AvgIpc) is 2.77. The van der Waals surface area contributed by atoms with E-state index in [0.29, 0.717) is 18.1 Å². The molecule has 5 heteroatoms. The maximum atomic E-state index is 12.5. The van der Waals surface area contributed by atoms with Gasteiger partial charge < -0.3 is 4.74 Å².